The molecule has 0 saturated heterocycles. The van der Waals surface area contributed by atoms with Crippen molar-refractivity contribution in [1.29, 1.82) is 0 Å². The molecule has 0 saturated carbocycles. The van der Waals surface area contributed by atoms with E-state index in [9.17, 15) is 9.59 Å². The summed E-state index contributed by atoms with van der Waals surface area (Å²) in [7, 11) is 3.13. The van der Waals surface area contributed by atoms with Gasteiger partial charge in [0.05, 0.1) is 19.9 Å². The van der Waals surface area contributed by atoms with Crippen molar-refractivity contribution in [2.75, 3.05) is 7.11 Å². The van der Waals surface area contributed by atoms with E-state index >= 15 is 0 Å². The van der Waals surface area contributed by atoms with Crippen LogP contribution in [0.25, 0.3) is 0 Å². The topological polar surface area (TPSA) is 71.0 Å². The number of pyridine rings is 1. The van der Waals surface area contributed by atoms with Crippen molar-refractivity contribution in [3.8, 4) is 5.75 Å². The van der Waals surface area contributed by atoms with Crippen LogP contribution in [0.5, 0.6) is 5.75 Å². The quantitative estimate of drug-likeness (QED) is 0.768. The highest BCUT2D eigenvalue weighted by Gasteiger charge is 2.18. The molecule has 2 rings (SSSR count). The van der Waals surface area contributed by atoms with E-state index in [2.05, 4.69) is 4.98 Å². The smallest absolute Gasteiger partial charge is 0.335 e. The third kappa shape index (κ3) is 3.33. The molecule has 0 N–H and O–H groups in total. The average molecular weight is 350 g/mol. The maximum atomic E-state index is 12.9. The van der Waals surface area contributed by atoms with Gasteiger partial charge in [-0.25, -0.2) is 14.2 Å². The van der Waals surface area contributed by atoms with Crippen molar-refractivity contribution in [3.63, 3.8) is 0 Å². The molecule has 0 amide bonds. The summed E-state index contributed by atoms with van der Waals surface area (Å²) >= 11 is 5.30. The van der Waals surface area contributed by atoms with Gasteiger partial charge >= 0.3 is 11.4 Å². The monoisotopic (exact) mass is 350 g/mol. The predicted molar refractivity (Wildman–Crippen MR) is 94.2 cm³/mol. The molecule has 0 spiro atoms. The fourth-order valence-corrected chi connectivity index (χ4v) is 2.57. The van der Waals surface area contributed by atoms with Gasteiger partial charge in [-0.2, -0.15) is 0 Å². The van der Waals surface area contributed by atoms with Gasteiger partial charge in [-0.15, -0.1) is 0 Å². The minimum atomic E-state index is -0.410. The summed E-state index contributed by atoms with van der Waals surface area (Å²) in [5.41, 5.74) is -0.0386. The van der Waals surface area contributed by atoms with Gasteiger partial charge in [-0.05, 0) is 36.7 Å². The number of nitrogens with zero attached hydrogens (tertiary/aromatic N) is 4. The van der Waals surface area contributed by atoms with Crippen molar-refractivity contribution in [2.24, 2.45) is 13.0 Å². The number of ether oxygens (including phenoxy) is 1. The Kier molecular flexibility index (Phi) is 5.38. The highest BCUT2D eigenvalue weighted by atomic mass is 32.1. The van der Waals surface area contributed by atoms with E-state index < -0.39 is 11.4 Å². The number of hydrogen-bond donors (Lipinski definition) is 0. The molecule has 8 heteroatoms. The van der Waals surface area contributed by atoms with Gasteiger partial charge in [0.1, 0.15) is 5.75 Å². The first-order valence-corrected chi connectivity index (χ1v) is 8.09. The zero-order chi connectivity index (χ0) is 18.0. The first-order valence-electron chi connectivity index (χ1n) is 7.68. The van der Waals surface area contributed by atoms with E-state index in [0.29, 0.717) is 5.75 Å². The van der Waals surface area contributed by atoms with E-state index in [1.807, 2.05) is 20.8 Å². The first kappa shape index (κ1) is 18.1. The van der Waals surface area contributed by atoms with E-state index in [1.54, 1.807) is 32.6 Å². The molecule has 1 atom stereocenters. The molecule has 0 aliphatic heterocycles. The second-order valence-electron chi connectivity index (χ2n) is 6.08. The van der Waals surface area contributed by atoms with Crippen LogP contribution < -0.4 is 16.1 Å². The molecule has 0 aromatic carbocycles. The van der Waals surface area contributed by atoms with Gasteiger partial charge < -0.3 is 4.74 Å². The number of rotatable bonds is 5. The molecule has 130 valence electrons. The van der Waals surface area contributed by atoms with Crippen molar-refractivity contribution in [3.05, 3.63) is 49.8 Å². The van der Waals surface area contributed by atoms with Crippen LogP contribution in [-0.2, 0) is 13.6 Å². The SMILES string of the molecule is COc1cncc(Cn2c(=S)n(C)c(=O)n(C(C)C(C)C)c2=O)c1. The van der Waals surface area contributed by atoms with Gasteiger partial charge in [0.2, 0.25) is 0 Å². The molecular formula is C16H22N4O3S. The lowest BCUT2D eigenvalue weighted by atomic mass is 10.1. The molecule has 0 fully saturated rings. The highest BCUT2D eigenvalue weighted by molar-refractivity contribution is 7.71. The maximum absolute atomic E-state index is 12.9. The summed E-state index contributed by atoms with van der Waals surface area (Å²) in [6.07, 6.45) is 3.23. The fraction of sp³-hybridized carbons (Fsp3) is 0.500. The fourth-order valence-electron chi connectivity index (χ4n) is 2.34. The average Bonchev–Trinajstić information content (AvgIpc) is 2.57. The van der Waals surface area contributed by atoms with Crippen LogP contribution in [0.2, 0.25) is 0 Å². The third-order valence-corrected chi connectivity index (χ3v) is 4.66. The zero-order valence-corrected chi connectivity index (χ0v) is 15.3. The maximum Gasteiger partial charge on any atom is 0.335 e. The molecular weight excluding hydrogens is 328 g/mol. The normalized spacial score (nSPS) is 12.4. The molecule has 1 unspecified atom stereocenters. The summed E-state index contributed by atoms with van der Waals surface area (Å²) in [5, 5.41) is 0. The summed E-state index contributed by atoms with van der Waals surface area (Å²) in [4.78, 5) is 29.4. The van der Waals surface area contributed by atoms with Crippen LogP contribution in [0.3, 0.4) is 0 Å². The first-order chi connectivity index (χ1) is 11.3. The Morgan fingerprint density at radius 2 is 1.88 bits per heavy atom. The minimum absolute atomic E-state index is 0.137. The second kappa shape index (κ2) is 7.12. The van der Waals surface area contributed by atoms with Gasteiger partial charge in [0.25, 0.3) is 0 Å². The molecule has 2 heterocycles. The molecule has 2 aromatic rings. The van der Waals surface area contributed by atoms with Gasteiger partial charge in [0.15, 0.2) is 4.77 Å². The number of hydrogen-bond acceptors (Lipinski definition) is 5. The Labute approximate surface area is 145 Å². The zero-order valence-electron chi connectivity index (χ0n) is 14.5. The van der Waals surface area contributed by atoms with Gasteiger partial charge in [-0.3, -0.25) is 14.1 Å². The van der Waals surface area contributed by atoms with E-state index in [1.165, 1.54) is 13.7 Å². The molecule has 7 nitrogen and oxygen atoms in total. The lowest BCUT2D eigenvalue weighted by molar-refractivity contribution is 0.353. The Morgan fingerprint density at radius 3 is 2.46 bits per heavy atom. The van der Waals surface area contributed by atoms with Crippen LogP contribution in [0.15, 0.2) is 28.0 Å². The van der Waals surface area contributed by atoms with Crippen LogP contribution in [-0.4, -0.2) is 25.8 Å². The molecule has 0 aliphatic carbocycles. The van der Waals surface area contributed by atoms with Crippen LogP contribution in [0, 0.1) is 10.7 Å². The summed E-state index contributed by atoms with van der Waals surface area (Å²) < 4.78 is 9.32. The summed E-state index contributed by atoms with van der Waals surface area (Å²) in [5.74, 6) is 0.734. The lowest BCUT2D eigenvalue weighted by Crippen LogP contribution is -2.47. The largest absolute Gasteiger partial charge is 0.495 e. The Morgan fingerprint density at radius 1 is 1.21 bits per heavy atom. The predicted octanol–water partition coefficient (Wildman–Crippen LogP) is 1.75. The minimum Gasteiger partial charge on any atom is -0.495 e. The van der Waals surface area contributed by atoms with Crippen molar-refractivity contribution < 1.29 is 4.74 Å². The summed E-state index contributed by atoms with van der Waals surface area (Å²) in [6.45, 7) is 6.01. The Bertz CT molecular complexity index is 911. The van der Waals surface area contributed by atoms with Crippen LogP contribution >= 0.6 is 12.2 Å². The van der Waals surface area contributed by atoms with Crippen molar-refractivity contribution >= 4 is 12.2 Å². The highest BCUT2D eigenvalue weighted by Crippen LogP contribution is 2.13. The summed E-state index contributed by atoms with van der Waals surface area (Å²) in [6, 6.07) is 1.55. The third-order valence-electron chi connectivity index (χ3n) is 4.17. The Hall–Kier alpha value is -2.22. The van der Waals surface area contributed by atoms with E-state index in [-0.39, 0.29) is 23.3 Å². The molecule has 0 aliphatic rings. The molecule has 0 bridgehead atoms. The number of methoxy groups -OCH3 is 1. The number of aromatic nitrogens is 4. The lowest BCUT2D eigenvalue weighted by Gasteiger charge is -2.20. The molecule has 0 radical (unpaired) electrons. The van der Waals surface area contributed by atoms with Crippen molar-refractivity contribution in [1.82, 2.24) is 18.7 Å². The standard InChI is InChI=1S/C16H22N4O3S/c1-10(2)11(3)20-14(21)18(4)16(24)19(15(20)22)9-12-6-13(23-5)8-17-7-12/h6-8,10-11H,9H2,1-5H3. The van der Waals surface area contributed by atoms with E-state index in [4.69, 9.17) is 17.0 Å². The molecule has 2 aromatic heterocycles. The van der Waals surface area contributed by atoms with Gasteiger partial charge in [-0.1, -0.05) is 13.8 Å². The van der Waals surface area contributed by atoms with Crippen LogP contribution in [0.4, 0.5) is 0 Å². The van der Waals surface area contributed by atoms with Crippen LogP contribution in [0.1, 0.15) is 32.4 Å². The Balaban J connectivity index is 2.64. The van der Waals surface area contributed by atoms with E-state index in [0.717, 1.165) is 5.56 Å². The van der Waals surface area contributed by atoms with Gasteiger partial charge in [0, 0.05) is 19.3 Å². The second-order valence-corrected chi connectivity index (χ2v) is 6.45. The van der Waals surface area contributed by atoms with Crippen molar-refractivity contribution in [2.45, 2.75) is 33.4 Å². The molecule has 24 heavy (non-hydrogen) atoms.